The standard InChI is InChI=1S/C16H26N2OS/c1-12-11-14(9-10-17-12)16(5,13-7-8-13)18(6)20(19)15(2,3)4/h9-11,13H,7-8H2,1-6H3. The van der Waals surface area contributed by atoms with Crippen LogP contribution in [0.4, 0.5) is 0 Å². The number of aryl methyl sites for hydroxylation is 1. The average Bonchev–Trinajstić information content (AvgIpc) is 3.19. The fraction of sp³-hybridized carbons (Fsp3) is 0.688. The van der Waals surface area contributed by atoms with E-state index in [-0.39, 0.29) is 10.3 Å². The molecule has 1 aliphatic carbocycles. The maximum absolute atomic E-state index is 12.8. The Kier molecular flexibility index (Phi) is 4.09. The van der Waals surface area contributed by atoms with Crippen molar-refractivity contribution in [1.29, 1.82) is 0 Å². The number of hydrogen-bond donors (Lipinski definition) is 0. The first-order valence-corrected chi connectivity index (χ1v) is 8.37. The topological polar surface area (TPSA) is 33.2 Å². The number of pyridine rings is 1. The highest BCUT2D eigenvalue weighted by Gasteiger charge is 2.48. The van der Waals surface area contributed by atoms with Gasteiger partial charge in [0.25, 0.3) is 0 Å². The minimum atomic E-state index is -1.03. The third-order valence-corrected chi connectivity index (χ3v) is 6.20. The Balaban J connectivity index is 2.42. The van der Waals surface area contributed by atoms with E-state index < -0.39 is 11.0 Å². The second-order valence-corrected chi connectivity index (χ2v) is 9.24. The summed E-state index contributed by atoms with van der Waals surface area (Å²) in [6, 6.07) is 4.20. The maximum Gasteiger partial charge on any atom is 0.100 e. The lowest BCUT2D eigenvalue weighted by molar-refractivity contribution is 0.214. The highest BCUT2D eigenvalue weighted by molar-refractivity contribution is 7.84. The van der Waals surface area contributed by atoms with Gasteiger partial charge in [-0.25, -0.2) is 8.51 Å². The second kappa shape index (κ2) is 5.23. The molecule has 0 aromatic carbocycles. The van der Waals surface area contributed by atoms with Crippen molar-refractivity contribution in [3.63, 3.8) is 0 Å². The minimum absolute atomic E-state index is 0.175. The summed E-state index contributed by atoms with van der Waals surface area (Å²) >= 11 is 0. The average molecular weight is 294 g/mol. The molecule has 1 fully saturated rings. The van der Waals surface area contributed by atoms with E-state index in [0.717, 1.165) is 5.69 Å². The van der Waals surface area contributed by atoms with E-state index in [4.69, 9.17) is 0 Å². The monoisotopic (exact) mass is 294 g/mol. The van der Waals surface area contributed by atoms with Gasteiger partial charge in [-0.15, -0.1) is 0 Å². The van der Waals surface area contributed by atoms with E-state index in [1.165, 1.54) is 18.4 Å². The molecule has 0 amide bonds. The molecule has 0 N–H and O–H groups in total. The number of aromatic nitrogens is 1. The summed E-state index contributed by atoms with van der Waals surface area (Å²) in [5.41, 5.74) is 2.07. The molecule has 1 heterocycles. The molecule has 112 valence electrons. The van der Waals surface area contributed by atoms with Crippen molar-refractivity contribution < 1.29 is 4.21 Å². The van der Waals surface area contributed by atoms with E-state index in [1.807, 2.05) is 40.9 Å². The van der Waals surface area contributed by atoms with Gasteiger partial charge in [0.15, 0.2) is 0 Å². The van der Waals surface area contributed by atoms with Crippen molar-refractivity contribution in [2.45, 2.75) is 57.7 Å². The number of nitrogens with zero attached hydrogens (tertiary/aromatic N) is 2. The van der Waals surface area contributed by atoms with Crippen LogP contribution in [0.1, 0.15) is 51.8 Å². The van der Waals surface area contributed by atoms with Gasteiger partial charge < -0.3 is 0 Å². The van der Waals surface area contributed by atoms with Crippen LogP contribution in [0.25, 0.3) is 0 Å². The molecule has 1 aromatic heterocycles. The van der Waals surface area contributed by atoms with Gasteiger partial charge in [0.1, 0.15) is 11.0 Å². The zero-order valence-electron chi connectivity index (χ0n) is 13.4. The lowest BCUT2D eigenvalue weighted by atomic mass is 9.87. The predicted octanol–water partition coefficient (Wildman–Crippen LogP) is 3.41. The first-order valence-electron chi connectivity index (χ1n) is 7.26. The summed E-state index contributed by atoms with van der Waals surface area (Å²) in [6.07, 6.45) is 4.28. The SMILES string of the molecule is Cc1cc(C(C)(C2CC2)N(C)S(=O)C(C)(C)C)ccn1. The van der Waals surface area contributed by atoms with Crippen LogP contribution in [0.15, 0.2) is 18.3 Å². The summed E-state index contributed by atoms with van der Waals surface area (Å²) in [5, 5.41) is 0. The van der Waals surface area contributed by atoms with E-state index >= 15 is 0 Å². The highest BCUT2D eigenvalue weighted by atomic mass is 32.2. The Morgan fingerprint density at radius 2 is 1.90 bits per heavy atom. The van der Waals surface area contributed by atoms with Crippen molar-refractivity contribution in [2.24, 2.45) is 5.92 Å². The smallest absolute Gasteiger partial charge is 0.100 e. The van der Waals surface area contributed by atoms with Crippen LogP contribution in [0.3, 0.4) is 0 Å². The van der Waals surface area contributed by atoms with Crippen LogP contribution < -0.4 is 0 Å². The first kappa shape index (κ1) is 15.6. The Hall–Kier alpha value is -0.740. The molecular formula is C16H26N2OS. The van der Waals surface area contributed by atoms with Gasteiger partial charge in [0, 0.05) is 18.9 Å². The lowest BCUT2D eigenvalue weighted by Crippen LogP contribution is -2.48. The molecule has 1 aliphatic rings. The molecule has 1 aromatic rings. The fourth-order valence-corrected chi connectivity index (χ4v) is 4.18. The zero-order valence-corrected chi connectivity index (χ0v) is 14.3. The van der Waals surface area contributed by atoms with Gasteiger partial charge in [0.05, 0.1) is 10.3 Å². The molecule has 0 aliphatic heterocycles. The molecule has 2 rings (SSSR count). The Morgan fingerprint density at radius 3 is 2.35 bits per heavy atom. The van der Waals surface area contributed by atoms with Crippen molar-refractivity contribution >= 4 is 11.0 Å². The molecule has 0 bridgehead atoms. The van der Waals surface area contributed by atoms with Crippen LogP contribution in [-0.2, 0) is 16.5 Å². The lowest BCUT2D eigenvalue weighted by Gasteiger charge is -2.41. The molecule has 20 heavy (non-hydrogen) atoms. The molecule has 0 saturated heterocycles. The molecule has 2 atom stereocenters. The second-order valence-electron chi connectivity index (χ2n) is 6.97. The van der Waals surface area contributed by atoms with Crippen molar-refractivity contribution in [3.8, 4) is 0 Å². The predicted molar refractivity (Wildman–Crippen MR) is 84.7 cm³/mol. The van der Waals surface area contributed by atoms with Gasteiger partial charge in [-0.2, -0.15) is 0 Å². The Labute approximate surface area is 125 Å². The van der Waals surface area contributed by atoms with Crippen LogP contribution in [0, 0.1) is 12.8 Å². The summed E-state index contributed by atoms with van der Waals surface area (Å²) < 4.78 is 14.6. The molecule has 2 unspecified atom stereocenters. The van der Waals surface area contributed by atoms with Gasteiger partial charge in [-0.1, -0.05) is 0 Å². The first-order chi connectivity index (χ1) is 9.17. The highest BCUT2D eigenvalue weighted by Crippen LogP contribution is 2.50. The summed E-state index contributed by atoms with van der Waals surface area (Å²) in [5.74, 6) is 0.584. The molecule has 3 nitrogen and oxygen atoms in total. The zero-order chi connectivity index (χ0) is 15.1. The quantitative estimate of drug-likeness (QED) is 0.852. The van der Waals surface area contributed by atoms with Crippen LogP contribution >= 0.6 is 0 Å². The van der Waals surface area contributed by atoms with Crippen molar-refractivity contribution in [2.75, 3.05) is 7.05 Å². The third kappa shape index (κ3) is 2.82. The van der Waals surface area contributed by atoms with E-state index in [1.54, 1.807) is 0 Å². The van der Waals surface area contributed by atoms with E-state index in [0.29, 0.717) is 5.92 Å². The summed E-state index contributed by atoms with van der Waals surface area (Å²) in [7, 11) is 0.969. The normalized spacial score (nSPS) is 20.8. The molecular weight excluding hydrogens is 268 g/mol. The van der Waals surface area contributed by atoms with Gasteiger partial charge in [-0.05, 0) is 71.1 Å². The van der Waals surface area contributed by atoms with Crippen LogP contribution in [-0.4, -0.2) is 25.3 Å². The van der Waals surface area contributed by atoms with Crippen molar-refractivity contribution in [3.05, 3.63) is 29.6 Å². The molecule has 0 radical (unpaired) electrons. The Bertz CT molecular complexity index is 519. The third-order valence-electron chi connectivity index (χ3n) is 4.28. The van der Waals surface area contributed by atoms with Crippen molar-refractivity contribution in [1.82, 2.24) is 9.29 Å². The van der Waals surface area contributed by atoms with Crippen LogP contribution in [0.2, 0.25) is 0 Å². The minimum Gasteiger partial charge on any atom is -0.262 e. The fourth-order valence-electron chi connectivity index (χ4n) is 2.76. The van der Waals surface area contributed by atoms with Gasteiger partial charge >= 0.3 is 0 Å². The van der Waals surface area contributed by atoms with Gasteiger partial charge in [-0.3, -0.25) is 4.98 Å². The summed E-state index contributed by atoms with van der Waals surface area (Å²) in [4.78, 5) is 4.29. The maximum atomic E-state index is 12.8. The van der Waals surface area contributed by atoms with E-state index in [9.17, 15) is 4.21 Å². The summed E-state index contributed by atoms with van der Waals surface area (Å²) in [6.45, 7) is 10.3. The molecule has 4 heteroatoms. The largest absolute Gasteiger partial charge is 0.262 e. The van der Waals surface area contributed by atoms with E-state index in [2.05, 4.69) is 28.3 Å². The molecule has 0 spiro atoms. The van der Waals surface area contributed by atoms with Crippen LogP contribution in [0.5, 0.6) is 0 Å². The number of rotatable bonds is 4. The number of hydrogen-bond acceptors (Lipinski definition) is 2. The Morgan fingerprint density at radius 1 is 1.30 bits per heavy atom. The molecule has 1 saturated carbocycles. The van der Waals surface area contributed by atoms with Gasteiger partial charge in [0.2, 0.25) is 0 Å².